The van der Waals surface area contributed by atoms with Crippen LogP contribution in [0.1, 0.15) is 39.5 Å². The summed E-state index contributed by atoms with van der Waals surface area (Å²) < 4.78 is 37.6. The van der Waals surface area contributed by atoms with Crippen molar-refractivity contribution in [3.8, 4) is 5.75 Å². The van der Waals surface area contributed by atoms with E-state index in [0.29, 0.717) is 38.3 Å². The maximum absolute atomic E-state index is 12.8. The molecule has 0 amide bonds. The van der Waals surface area contributed by atoms with E-state index in [9.17, 15) is 13.2 Å². The third kappa shape index (κ3) is 5.19. The number of piperidine rings is 1. The summed E-state index contributed by atoms with van der Waals surface area (Å²) in [5, 5.41) is 0. The highest BCUT2D eigenvalue weighted by molar-refractivity contribution is 7.89. The molecule has 0 aromatic heterocycles. The molecule has 0 N–H and O–H groups in total. The van der Waals surface area contributed by atoms with E-state index in [0.717, 1.165) is 12.8 Å². The van der Waals surface area contributed by atoms with Gasteiger partial charge in [-0.15, -0.1) is 0 Å². The van der Waals surface area contributed by atoms with Crippen LogP contribution in [0.15, 0.2) is 29.2 Å². The minimum atomic E-state index is -3.62. The summed E-state index contributed by atoms with van der Waals surface area (Å²) in [6.45, 7) is 5.36. The van der Waals surface area contributed by atoms with Gasteiger partial charge in [-0.2, -0.15) is 4.31 Å². The van der Waals surface area contributed by atoms with E-state index in [4.69, 9.17) is 9.47 Å². The quantitative estimate of drug-likeness (QED) is 0.520. The van der Waals surface area contributed by atoms with Crippen molar-refractivity contribution in [2.24, 2.45) is 5.92 Å². The third-order valence-electron chi connectivity index (χ3n) is 4.23. The molecule has 0 spiro atoms. The maximum Gasteiger partial charge on any atom is 0.310 e. The van der Waals surface area contributed by atoms with Crippen LogP contribution >= 0.6 is 0 Å². The molecule has 1 aromatic carbocycles. The smallest absolute Gasteiger partial charge is 0.310 e. The number of hydrogen-bond acceptors (Lipinski definition) is 5. The number of nitrogens with zero attached hydrogens (tertiary/aromatic N) is 1. The molecule has 1 aromatic rings. The predicted octanol–water partition coefficient (Wildman–Crippen LogP) is 2.83. The number of esters is 1. The Labute approximate surface area is 150 Å². The van der Waals surface area contributed by atoms with Gasteiger partial charge in [-0.05, 0) is 50.5 Å². The summed E-state index contributed by atoms with van der Waals surface area (Å²) in [4.78, 5) is 12.1. The van der Waals surface area contributed by atoms with Crippen LogP contribution in [0.5, 0.6) is 5.75 Å². The predicted molar refractivity (Wildman–Crippen MR) is 95.0 cm³/mol. The van der Waals surface area contributed by atoms with Crippen molar-refractivity contribution in [1.29, 1.82) is 0 Å². The molecule has 1 aliphatic rings. The number of carbonyl (C=O) groups excluding carboxylic acids is 1. The van der Waals surface area contributed by atoms with E-state index in [1.807, 2.05) is 0 Å². The van der Waals surface area contributed by atoms with Crippen molar-refractivity contribution in [3.63, 3.8) is 0 Å². The fraction of sp³-hybridized carbons (Fsp3) is 0.611. The van der Waals surface area contributed by atoms with Gasteiger partial charge in [-0.1, -0.05) is 13.3 Å². The number of hydrogen-bond donors (Lipinski definition) is 0. The molecule has 25 heavy (non-hydrogen) atoms. The fourth-order valence-corrected chi connectivity index (χ4v) is 4.33. The van der Waals surface area contributed by atoms with E-state index in [1.54, 1.807) is 31.2 Å². The third-order valence-corrected chi connectivity index (χ3v) is 6.11. The van der Waals surface area contributed by atoms with Gasteiger partial charge in [0.1, 0.15) is 5.75 Å². The zero-order valence-corrected chi connectivity index (χ0v) is 15.8. The highest BCUT2D eigenvalue weighted by Crippen LogP contribution is 2.25. The number of rotatable bonds is 8. The first kappa shape index (κ1) is 19.7. The Kier molecular flexibility index (Phi) is 7.25. The first-order valence-corrected chi connectivity index (χ1v) is 10.3. The summed E-state index contributed by atoms with van der Waals surface area (Å²) in [7, 11) is -3.62. The number of unbranched alkanes of at least 4 members (excludes halogenated alkanes) is 1. The number of benzene rings is 1. The zero-order chi connectivity index (χ0) is 18.3. The van der Waals surface area contributed by atoms with Crippen LogP contribution < -0.4 is 4.74 Å². The van der Waals surface area contributed by atoms with E-state index in [1.165, 1.54) is 4.31 Å². The highest BCUT2D eigenvalue weighted by Gasteiger charge is 2.33. The first-order chi connectivity index (χ1) is 12.0. The van der Waals surface area contributed by atoms with Crippen LogP contribution in [0.2, 0.25) is 0 Å². The van der Waals surface area contributed by atoms with Crippen molar-refractivity contribution in [1.82, 2.24) is 4.31 Å². The molecule has 1 atom stereocenters. The second kappa shape index (κ2) is 9.20. The molecule has 1 fully saturated rings. The highest BCUT2D eigenvalue weighted by atomic mass is 32.2. The molecule has 6 nitrogen and oxygen atoms in total. The molecule has 1 heterocycles. The normalized spacial score (nSPS) is 18.7. The minimum Gasteiger partial charge on any atom is -0.494 e. The summed E-state index contributed by atoms with van der Waals surface area (Å²) in [5.74, 6) is -0.0439. The molecule has 2 rings (SSSR count). The molecule has 0 aliphatic carbocycles. The van der Waals surface area contributed by atoms with E-state index in [2.05, 4.69) is 6.92 Å². The van der Waals surface area contributed by atoms with Crippen LogP contribution in [0.4, 0.5) is 0 Å². The van der Waals surface area contributed by atoms with Crippen molar-refractivity contribution in [3.05, 3.63) is 24.3 Å². The Hall–Kier alpha value is -1.60. The zero-order valence-electron chi connectivity index (χ0n) is 14.9. The van der Waals surface area contributed by atoms with Gasteiger partial charge in [0.05, 0.1) is 24.0 Å². The van der Waals surface area contributed by atoms with Gasteiger partial charge < -0.3 is 9.47 Å². The summed E-state index contributed by atoms with van der Waals surface area (Å²) in [5.41, 5.74) is 0. The molecule has 140 valence electrons. The SMILES string of the molecule is CCCCOc1ccc(S(=O)(=O)N2CCCC(C(=O)OCC)C2)cc1. The minimum absolute atomic E-state index is 0.177. The summed E-state index contributed by atoms with van der Waals surface area (Å²) in [6, 6.07) is 6.47. The monoisotopic (exact) mass is 369 g/mol. The van der Waals surface area contributed by atoms with Gasteiger partial charge in [0.2, 0.25) is 10.0 Å². The van der Waals surface area contributed by atoms with Crippen LogP contribution in [-0.4, -0.2) is 45.0 Å². The Morgan fingerprint density at radius 3 is 2.60 bits per heavy atom. The molecule has 0 saturated carbocycles. The standard InChI is InChI=1S/C18H27NO5S/c1-3-5-13-24-16-8-10-17(11-9-16)25(21,22)19-12-6-7-15(14-19)18(20)23-4-2/h8-11,15H,3-7,12-14H2,1-2H3. The van der Waals surface area contributed by atoms with Gasteiger partial charge in [0, 0.05) is 13.1 Å². The second-order valence-electron chi connectivity index (χ2n) is 6.13. The van der Waals surface area contributed by atoms with Crippen molar-refractivity contribution >= 4 is 16.0 Å². The largest absolute Gasteiger partial charge is 0.494 e. The number of ether oxygens (including phenoxy) is 2. The van der Waals surface area contributed by atoms with Crippen LogP contribution in [0, 0.1) is 5.92 Å². The van der Waals surface area contributed by atoms with Crippen molar-refractivity contribution < 1.29 is 22.7 Å². The van der Waals surface area contributed by atoms with E-state index < -0.39 is 10.0 Å². The van der Waals surface area contributed by atoms with Gasteiger partial charge in [0.15, 0.2) is 0 Å². The number of sulfonamides is 1. The van der Waals surface area contributed by atoms with Gasteiger partial charge in [0.25, 0.3) is 0 Å². The lowest BCUT2D eigenvalue weighted by molar-refractivity contribution is -0.149. The summed E-state index contributed by atoms with van der Waals surface area (Å²) >= 11 is 0. The molecule has 1 unspecified atom stereocenters. The summed E-state index contributed by atoms with van der Waals surface area (Å²) in [6.07, 6.45) is 3.32. The lowest BCUT2D eigenvalue weighted by atomic mass is 10.0. The van der Waals surface area contributed by atoms with Crippen LogP contribution in [0.3, 0.4) is 0 Å². The molecule has 0 radical (unpaired) electrons. The van der Waals surface area contributed by atoms with Gasteiger partial charge >= 0.3 is 5.97 Å². The van der Waals surface area contributed by atoms with Crippen LogP contribution in [0.25, 0.3) is 0 Å². The lowest BCUT2D eigenvalue weighted by Gasteiger charge is -2.30. The van der Waals surface area contributed by atoms with Crippen molar-refractivity contribution in [2.45, 2.75) is 44.4 Å². The second-order valence-corrected chi connectivity index (χ2v) is 8.07. The Balaban J connectivity index is 2.05. The van der Waals surface area contributed by atoms with E-state index in [-0.39, 0.29) is 23.3 Å². The topological polar surface area (TPSA) is 72.9 Å². The molecular formula is C18H27NO5S. The fourth-order valence-electron chi connectivity index (χ4n) is 2.80. The van der Waals surface area contributed by atoms with Crippen molar-refractivity contribution in [2.75, 3.05) is 26.3 Å². The maximum atomic E-state index is 12.8. The molecule has 0 bridgehead atoms. The molecule has 1 saturated heterocycles. The number of carbonyl (C=O) groups is 1. The van der Waals surface area contributed by atoms with Gasteiger partial charge in [-0.3, -0.25) is 4.79 Å². The van der Waals surface area contributed by atoms with Crippen LogP contribution in [-0.2, 0) is 19.6 Å². The Morgan fingerprint density at radius 1 is 1.24 bits per heavy atom. The molecular weight excluding hydrogens is 342 g/mol. The van der Waals surface area contributed by atoms with E-state index >= 15 is 0 Å². The molecule has 7 heteroatoms. The Bertz CT molecular complexity index is 657. The first-order valence-electron chi connectivity index (χ1n) is 8.88. The Morgan fingerprint density at radius 2 is 1.96 bits per heavy atom. The van der Waals surface area contributed by atoms with Gasteiger partial charge in [-0.25, -0.2) is 8.42 Å². The molecule has 1 aliphatic heterocycles. The lowest BCUT2D eigenvalue weighted by Crippen LogP contribution is -2.42. The average molecular weight is 369 g/mol. The average Bonchev–Trinajstić information content (AvgIpc) is 2.63.